The zero-order valence-electron chi connectivity index (χ0n) is 12.7. The van der Waals surface area contributed by atoms with Crippen molar-refractivity contribution in [3.63, 3.8) is 0 Å². The standard InChI is InChI=1S/C18H8F7P/c19-9-1-5-11(6-2-9)26(12-7-3-10(20)4-8-12)18-16(24)14(22)13(21)15(23)17(18)25/h1-8H. The lowest BCUT2D eigenvalue weighted by Gasteiger charge is -2.21. The van der Waals surface area contributed by atoms with E-state index in [9.17, 15) is 30.7 Å². The van der Waals surface area contributed by atoms with Gasteiger partial charge in [0.2, 0.25) is 5.82 Å². The van der Waals surface area contributed by atoms with Crippen LogP contribution in [0, 0.1) is 40.7 Å². The van der Waals surface area contributed by atoms with E-state index in [2.05, 4.69) is 0 Å². The molecule has 0 aliphatic rings. The highest BCUT2D eigenvalue weighted by Crippen LogP contribution is 2.36. The van der Waals surface area contributed by atoms with Crippen LogP contribution in [0.5, 0.6) is 0 Å². The molecule has 0 N–H and O–H groups in total. The Balaban J connectivity index is 2.32. The normalized spacial score (nSPS) is 11.2. The molecular formula is C18H8F7P. The highest BCUT2D eigenvalue weighted by atomic mass is 31.1. The maximum atomic E-state index is 14.3. The summed E-state index contributed by atoms with van der Waals surface area (Å²) in [7, 11) is -2.29. The SMILES string of the molecule is Fc1ccc(P(c2ccc(F)cc2)c2c(F)c(F)c(F)c(F)c2F)cc1. The smallest absolute Gasteiger partial charge is 0.200 e. The van der Waals surface area contributed by atoms with E-state index in [1.54, 1.807) is 0 Å². The van der Waals surface area contributed by atoms with Crippen molar-refractivity contribution in [1.82, 2.24) is 0 Å². The van der Waals surface area contributed by atoms with Crippen molar-refractivity contribution in [3.8, 4) is 0 Å². The molecule has 0 aromatic heterocycles. The Morgan fingerprint density at radius 3 is 1.08 bits per heavy atom. The van der Waals surface area contributed by atoms with Crippen LogP contribution in [-0.4, -0.2) is 0 Å². The summed E-state index contributed by atoms with van der Waals surface area (Å²) < 4.78 is 95.7. The number of hydrogen-bond acceptors (Lipinski definition) is 0. The minimum atomic E-state index is -2.29. The first-order chi connectivity index (χ1) is 12.3. The first-order valence-corrected chi connectivity index (χ1v) is 8.48. The minimum Gasteiger partial charge on any atom is -0.207 e. The van der Waals surface area contributed by atoms with Crippen molar-refractivity contribution in [2.75, 3.05) is 0 Å². The molecule has 0 aliphatic heterocycles. The van der Waals surface area contributed by atoms with Crippen LogP contribution in [0.15, 0.2) is 48.5 Å². The zero-order chi connectivity index (χ0) is 19.0. The third kappa shape index (κ3) is 3.19. The van der Waals surface area contributed by atoms with Gasteiger partial charge in [-0.05, 0) is 42.8 Å². The van der Waals surface area contributed by atoms with E-state index in [0.29, 0.717) is 0 Å². The van der Waals surface area contributed by atoms with Gasteiger partial charge in [0.25, 0.3) is 0 Å². The van der Waals surface area contributed by atoms with Gasteiger partial charge >= 0.3 is 0 Å². The molecule has 0 atom stereocenters. The molecule has 0 spiro atoms. The summed E-state index contributed by atoms with van der Waals surface area (Å²) in [5.41, 5.74) is 0. The lowest BCUT2D eigenvalue weighted by molar-refractivity contribution is 0.384. The summed E-state index contributed by atoms with van der Waals surface area (Å²) >= 11 is 0. The van der Waals surface area contributed by atoms with Gasteiger partial charge in [0, 0.05) is 0 Å². The average Bonchev–Trinajstić information content (AvgIpc) is 2.64. The van der Waals surface area contributed by atoms with Crippen molar-refractivity contribution < 1.29 is 30.7 Å². The van der Waals surface area contributed by atoms with E-state index in [0.717, 1.165) is 24.3 Å². The molecule has 3 aromatic rings. The Morgan fingerprint density at radius 1 is 0.423 bits per heavy atom. The highest BCUT2D eigenvalue weighted by molar-refractivity contribution is 7.79. The van der Waals surface area contributed by atoms with Gasteiger partial charge in [-0.2, -0.15) is 0 Å². The van der Waals surface area contributed by atoms with Crippen molar-refractivity contribution in [2.45, 2.75) is 0 Å². The Kier molecular flexibility index (Phi) is 5.01. The lowest BCUT2D eigenvalue weighted by atomic mass is 10.3. The molecule has 3 aromatic carbocycles. The fourth-order valence-electron chi connectivity index (χ4n) is 2.38. The predicted octanol–water partition coefficient (Wildman–Crippen LogP) is 4.42. The van der Waals surface area contributed by atoms with Gasteiger partial charge in [-0.3, -0.25) is 0 Å². The molecule has 0 radical (unpaired) electrons. The van der Waals surface area contributed by atoms with Gasteiger partial charge in [0.1, 0.15) is 11.6 Å². The van der Waals surface area contributed by atoms with Crippen LogP contribution in [0.4, 0.5) is 30.7 Å². The number of hydrogen-bond donors (Lipinski definition) is 0. The molecule has 0 nitrogen and oxygen atoms in total. The number of rotatable bonds is 3. The van der Waals surface area contributed by atoms with Crippen LogP contribution in [-0.2, 0) is 0 Å². The van der Waals surface area contributed by atoms with Crippen LogP contribution in [0.2, 0.25) is 0 Å². The molecule has 0 aliphatic carbocycles. The fraction of sp³-hybridized carbons (Fsp3) is 0. The number of benzene rings is 3. The summed E-state index contributed by atoms with van der Waals surface area (Å²) in [6.45, 7) is 0. The molecular weight excluding hydrogens is 380 g/mol. The summed E-state index contributed by atoms with van der Waals surface area (Å²) in [4.78, 5) is 0. The second-order valence-corrected chi connectivity index (χ2v) is 7.36. The highest BCUT2D eigenvalue weighted by Gasteiger charge is 2.32. The van der Waals surface area contributed by atoms with Crippen molar-refractivity contribution in [1.29, 1.82) is 0 Å². The van der Waals surface area contributed by atoms with E-state index in [1.165, 1.54) is 24.3 Å². The molecule has 8 heteroatoms. The van der Waals surface area contributed by atoms with E-state index >= 15 is 0 Å². The molecule has 0 unspecified atom stereocenters. The van der Waals surface area contributed by atoms with Gasteiger partial charge in [-0.15, -0.1) is 0 Å². The molecule has 0 saturated carbocycles. The summed E-state index contributed by atoms with van der Waals surface area (Å²) in [6.07, 6.45) is 0. The van der Waals surface area contributed by atoms with Crippen LogP contribution < -0.4 is 15.9 Å². The third-order valence-corrected chi connectivity index (χ3v) is 6.05. The van der Waals surface area contributed by atoms with Crippen LogP contribution in [0.3, 0.4) is 0 Å². The first kappa shape index (κ1) is 18.4. The van der Waals surface area contributed by atoms with Gasteiger partial charge in [0.05, 0.1) is 5.30 Å². The monoisotopic (exact) mass is 388 g/mol. The summed E-state index contributed by atoms with van der Waals surface area (Å²) in [5.74, 6) is -11.6. The third-order valence-electron chi connectivity index (χ3n) is 3.58. The Hall–Kier alpha value is -2.40. The van der Waals surface area contributed by atoms with E-state index in [4.69, 9.17) is 0 Å². The van der Waals surface area contributed by atoms with Crippen LogP contribution in [0.1, 0.15) is 0 Å². The minimum absolute atomic E-state index is 0.135. The van der Waals surface area contributed by atoms with Gasteiger partial charge in [-0.1, -0.05) is 24.3 Å². The second-order valence-electron chi connectivity index (χ2n) is 5.21. The molecule has 26 heavy (non-hydrogen) atoms. The molecule has 0 saturated heterocycles. The maximum absolute atomic E-state index is 14.3. The quantitative estimate of drug-likeness (QED) is 0.270. The predicted molar refractivity (Wildman–Crippen MR) is 84.9 cm³/mol. The van der Waals surface area contributed by atoms with Crippen molar-refractivity contribution in [2.24, 2.45) is 0 Å². The largest absolute Gasteiger partial charge is 0.207 e. The summed E-state index contributed by atoms with van der Waals surface area (Å²) in [5, 5.41) is -0.762. The molecule has 0 heterocycles. The van der Waals surface area contributed by atoms with Gasteiger partial charge in [0.15, 0.2) is 23.3 Å². The number of halogens is 7. The van der Waals surface area contributed by atoms with E-state index in [1.807, 2.05) is 0 Å². The van der Waals surface area contributed by atoms with E-state index in [-0.39, 0.29) is 10.6 Å². The average molecular weight is 388 g/mol. The Morgan fingerprint density at radius 2 is 0.731 bits per heavy atom. The molecule has 3 rings (SSSR count). The Bertz CT molecular complexity index is 878. The topological polar surface area (TPSA) is 0 Å². The first-order valence-electron chi connectivity index (χ1n) is 7.14. The molecule has 0 fully saturated rings. The fourth-order valence-corrected chi connectivity index (χ4v) is 4.68. The van der Waals surface area contributed by atoms with Gasteiger partial charge in [-0.25, -0.2) is 30.7 Å². The molecule has 134 valence electrons. The molecule has 0 bridgehead atoms. The van der Waals surface area contributed by atoms with E-state index < -0.39 is 53.9 Å². The molecule has 0 amide bonds. The Labute approximate surface area is 144 Å². The lowest BCUT2D eigenvalue weighted by Crippen LogP contribution is -2.28. The van der Waals surface area contributed by atoms with Crippen molar-refractivity contribution >= 4 is 23.8 Å². The maximum Gasteiger partial charge on any atom is 0.200 e. The second kappa shape index (κ2) is 7.08. The summed E-state index contributed by atoms with van der Waals surface area (Å²) in [6, 6.07) is 8.73. The van der Waals surface area contributed by atoms with Crippen LogP contribution >= 0.6 is 7.92 Å². The van der Waals surface area contributed by atoms with Gasteiger partial charge < -0.3 is 0 Å². The zero-order valence-corrected chi connectivity index (χ0v) is 13.6. The van der Waals surface area contributed by atoms with Crippen LogP contribution in [0.25, 0.3) is 0 Å². The van der Waals surface area contributed by atoms with Crippen molar-refractivity contribution in [3.05, 3.63) is 89.3 Å².